The van der Waals surface area contributed by atoms with Crippen LogP contribution >= 0.6 is 0 Å². The Labute approximate surface area is 153 Å². The van der Waals surface area contributed by atoms with Gasteiger partial charge in [0.25, 0.3) is 0 Å². The van der Waals surface area contributed by atoms with Crippen molar-refractivity contribution in [2.45, 2.75) is 39.2 Å². The van der Waals surface area contributed by atoms with E-state index in [1.54, 1.807) is 4.90 Å². The number of aromatic nitrogens is 2. The van der Waals surface area contributed by atoms with Crippen LogP contribution in [0.15, 0.2) is 24.3 Å². The van der Waals surface area contributed by atoms with Gasteiger partial charge in [-0.1, -0.05) is 12.1 Å². The lowest BCUT2D eigenvalue weighted by Crippen LogP contribution is -2.44. The van der Waals surface area contributed by atoms with Gasteiger partial charge >= 0.3 is 6.09 Å². The van der Waals surface area contributed by atoms with Gasteiger partial charge in [0.15, 0.2) is 11.6 Å². The maximum absolute atomic E-state index is 12.3. The van der Waals surface area contributed by atoms with Crippen LogP contribution in [-0.4, -0.2) is 46.2 Å². The lowest BCUT2D eigenvalue weighted by molar-refractivity contribution is 0.0172. The summed E-state index contributed by atoms with van der Waals surface area (Å²) >= 11 is 0. The van der Waals surface area contributed by atoms with Crippen LogP contribution in [0.4, 0.5) is 16.4 Å². The van der Waals surface area contributed by atoms with Crippen LogP contribution in [0.5, 0.6) is 0 Å². The molecule has 2 aromatic rings. The highest BCUT2D eigenvalue weighted by Gasteiger charge is 2.27. The van der Waals surface area contributed by atoms with Gasteiger partial charge in [0, 0.05) is 19.6 Å². The second-order valence-electron chi connectivity index (χ2n) is 7.76. The molecular formula is C19H27N5O2. The molecule has 0 spiro atoms. The maximum Gasteiger partial charge on any atom is 0.410 e. The Morgan fingerprint density at radius 3 is 2.69 bits per heavy atom. The summed E-state index contributed by atoms with van der Waals surface area (Å²) < 4.78 is 5.48. The van der Waals surface area contributed by atoms with E-state index in [2.05, 4.69) is 15.3 Å². The number of para-hydroxylation sites is 2. The van der Waals surface area contributed by atoms with Crippen LogP contribution in [0.25, 0.3) is 11.0 Å². The molecule has 1 aliphatic rings. The van der Waals surface area contributed by atoms with E-state index in [1.165, 1.54) is 0 Å². The molecule has 1 amide bonds. The zero-order valence-corrected chi connectivity index (χ0v) is 15.7. The van der Waals surface area contributed by atoms with E-state index in [4.69, 9.17) is 10.5 Å². The van der Waals surface area contributed by atoms with Crippen molar-refractivity contribution < 1.29 is 9.53 Å². The minimum Gasteiger partial charge on any atom is -0.444 e. The monoisotopic (exact) mass is 357 g/mol. The average Bonchev–Trinajstić information content (AvgIpc) is 2.58. The predicted octanol–water partition coefficient (Wildman–Crippen LogP) is 3.27. The van der Waals surface area contributed by atoms with Gasteiger partial charge in [-0.2, -0.15) is 0 Å². The third kappa shape index (κ3) is 4.53. The van der Waals surface area contributed by atoms with Crippen molar-refractivity contribution in [2.24, 2.45) is 5.92 Å². The van der Waals surface area contributed by atoms with Crippen molar-refractivity contribution in [3.8, 4) is 0 Å². The number of nitrogens with one attached hydrogen (secondary N) is 1. The molecule has 1 fully saturated rings. The number of carbonyl (C=O) groups is 1. The number of hydrogen-bond donors (Lipinski definition) is 2. The van der Waals surface area contributed by atoms with Crippen LogP contribution in [0.2, 0.25) is 0 Å². The standard InChI is InChI=1S/C19H27N5O2/c1-19(2,3)26-18(25)24-10-6-7-13(12-24)11-21-17-16(20)22-14-8-4-5-9-15(14)23-17/h4-5,8-9,13H,6-7,10-12H2,1-3H3,(H2,20,22)(H,21,23). The van der Waals surface area contributed by atoms with E-state index < -0.39 is 5.60 Å². The van der Waals surface area contributed by atoms with E-state index in [0.29, 0.717) is 30.6 Å². The predicted molar refractivity (Wildman–Crippen MR) is 103 cm³/mol. The number of nitrogen functional groups attached to an aromatic ring is 1. The zero-order chi connectivity index (χ0) is 18.7. The van der Waals surface area contributed by atoms with Crippen molar-refractivity contribution in [1.29, 1.82) is 0 Å². The molecule has 1 atom stereocenters. The van der Waals surface area contributed by atoms with Gasteiger partial charge in [-0.25, -0.2) is 14.8 Å². The first-order valence-electron chi connectivity index (χ1n) is 9.06. The molecule has 2 heterocycles. The minimum atomic E-state index is -0.475. The largest absolute Gasteiger partial charge is 0.444 e. The number of piperidine rings is 1. The van der Waals surface area contributed by atoms with E-state index in [1.807, 2.05) is 45.0 Å². The molecular weight excluding hydrogens is 330 g/mol. The number of likely N-dealkylation sites (tertiary alicyclic amines) is 1. The zero-order valence-electron chi connectivity index (χ0n) is 15.7. The van der Waals surface area contributed by atoms with Crippen molar-refractivity contribution in [3.05, 3.63) is 24.3 Å². The molecule has 140 valence electrons. The third-order valence-corrected chi connectivity index (χ3v) is 4.33. The second-order valence-corrected chi connectivity index (χ2v) is 7.76. The van der Waals surface area contributed by atoms with Gasteiger partial charge in [-0.15, -0.1) is 0 Å². The van der Waals surface area contributed by atoms with Gasteiger partial charge in [-0.3, -0.25) is 0 Å². The van der Waals surface area contributed by atoms with Crippen LogP contribution in [-0.2, 0) is 4.74 Å². The number of fused-ring (bicyclic) bond motifs is 1. The van der Waals surface area contributed by atoms with E-state index >= 15 is 0 Å². The molecule has 1 aromatic carbocycles. The van der Waals surface area contributed by atoms with Crippen LogP contribution < -0.4 is 11.1 Å². The Morgan fingerprint density at radius 1 is 1.31 bits per heavy atom. The van der Waals surface area contributed by atoms with Gasteiger partial charge in [0.05, 0.1) is 11.0 Å². The summed E-state index contributed by atoms with van der Waals surface area (Å²) in [5.74, 6) is 1.31. The summed E-state index contributed by atoms with van der Waals surface area (Å²) in [7, 11) is 0. The summed E-state index contributed by atoms with van der Waals surface area (Å²) in [6, 6.07) is 7.65. The molecule has 0 bridgehead atoms. The Bertz CT molecular complexity index is 787. The number of benzene rings is 1. The summed E-state index contributed by atoms with van der Waals surface area (Å²) in [6.07, 6.45) is 1.77. The highest BCUT2D eigenvalue weighted by Crippen LogP contribution is 2.22. The molecule has 3 N–H and O–H groups in total. The number of nitrogens with zero attached hydrogens (tertiary/aromatic N) is 3. The van der Waals surface area contributed by atoms with Crippen molar-refractivity contribution in [2.75, 3.05) is 30.7 Å². The molecule has 0 aliphatic carbocycles. The highest BCUT2D eigenvalue weighted by molar-refractivity contribution is 5.79. The molecule has 7 heteroatoms. The molecule has 1 saturated heterocycles. The highest BCUT2D eigenvalue weighted by atomic mass is 16.6. The Kier molecular flexibility index (Phi) is 5.15. The Balaban J connectivity index is 1.61. The number of ether oxygens (including phenoxy) is 1. The topological polar surface area (TPSA) is 93.4 Å². The van der Waals surface area contributed by atoms with Crippen molar-refractivity contribution >= 4 is 28.8 Å². The van der Waals surface area contributed by atoms with Crippen LogP contribution in [0, 0.1) is 5.92 Å². The molecule has 1 aromatic heterocycles. The van der Waals surface area contributed by atoms with Crippen molar-refractivity contribution in [3.63, 3.8) is 0 Å². The van der Waals surface area contributed by atoms with E-state index in [-0.39, 0.29) is 6.09 Å². The molecule has 0 radical (unpaired) electrons. The van der Waals surface area contributed by atoms with E-state index in [0.717, 1.165) is 30.4 Å². The van der Waals surface area contributed by atoms with Gasteiger partial charge in [-0.05, 0) is 51.7 Å². The fraction of sp³-hybridized carbons (Fsp3) is 0.526. The molecule has 0 saturated carbocycles. The summed E-state index contributed by atoms with van der Waals surface area (Å²) in [6.45, 7) is 7.75. The number of anilines is 2. The fourth-order valence-corrected chi connectivity index (χ4v) is 3.11. The number of hydrogen-bond acceptors (Lipinski definition) is 6. The Hall–Kier alpha value is -2.57. The first kappa shape index (κ1) is 18.2. The first-order chi connectivity index (χ1) is 12.3. The average molecular weight is 357 g/mol. The van der Waals surface area contributed by atoms with Gasteiger partial charge < -0.3 is 20.7 Å². The fourth-order valence-electron chi connectivity index (χ4n) is 3.11. The summed E-state index contributed by atoms with van der Waals surface area (Å²) in [4.78, 5) is 23.0. The van der Waals surface area contributed by atoms with E-state index in [9.17, 15) is 4.79 Å². The summed E-state index contributed by atoms with van der Waals surface area (Å²) in [5.41, 5.74) is 7.14. The molecule has 3 rings (SSSR count). The molecule has 1 aliphatic heterocycles. The van der Waals surface area contributed by atoms with Crippen LogP contribution in [0.3, 0.4) is 0 Å². The van der Waals surface area contributed by atoms with Gasteiger partial charge in [0.2, 0.25) is 0 Å². The molecule has 26 heavy (non-hydrogen) atoms. The minimum absolute atomic E-state index is 0.243. The first-order valence-corrected chi connectivity index (χ1v) is 9.06. The molecule has 7 nitrogen and oxygen atoms in total. The van der Waals surface area contributed by atoms with Gasteiger partial charge in [0.1, 0.15) is 5.60 Å². The number of carbonyl (C=O) groups excluding carboxylic acids is 1. The SMILES string of the molecule is CC(C)(C)OC(=O)N1CCCC(CNc2nc3ccccc3nc2N)C1. The number of nitrogens with two attached hydrogens (primary N) is 1. The molecule has 1 unspecified atom stereocenters. The van der Waals surface area contributed by atoms with Crippen LogP contribution in [0.1, 0.15) is 33.6 Å². The Morgan fingerprint density at radius 2 is 2.00 bits per heavy atom. The normalized spacial score (nSPS) is 18.0. The lowest BCUT2D eigenvalue weighted by Gasteiger charge is -2.34. The number of rotatable bonds is 3. The number of amides is 1. The van der Waals surface area contributed by atoms with Crippen molar-refractivity contribution in [1.82, 2.24) is 14.9 Å². The third-order valence-electron chi connectivity index (χ3n) is 4.33. The maximum atomic E-state index is 12.3. The smallest absolute Gasteiger partial charge is 0.410 e. The second kappa shape index (κ2) is 7.35. The quantitative estimate of drug-likeness (QED) is 0.876. The lowest BCUT2D eigenvalue weighted by atomic mass is 9.98. The summed E-state index contributed by atoms with van der Waals surface area (Å²) in [5, 5.41) is 3.31.